The lowest BCUT2D eigenvalue weighted by atomic mass is 10.0. The van der Waals surface area contributed by atoms with Gasteiger partial charge in [0.2, 0.25) is 11.9 Å². The van der Waals surface area contributed by atoms with E-state index in [0.29, 0.717) is 18.1 Å². The van der Waals surface area contributed by atoms with Gasteiger partial charge < -0.3 is 4.74 Å². The topological polar surface area (TPSA) is 69.0 Å². The first-order valence-electron chi connectivity index (χ1n) is 6.24. The van der Waals surface area contributed by atoms with Crippen LogP contribution in [0, 0.1) is 12.3 Å². The quantitative estimate of drug-likeness (QED) is 0.863. The number of hydrogen-bond donors (Lipinski definition) is 1. The zero-order valence-electron chi connectivity index (χ0n) is 10.9. The number of hydrogen-bond acceptors (Lipinski definition) is 4. The number of nitrogens with one attached hydrogen (secondary N) is 1. The first kappa shape index (κ1) is 13.6. The molecule has 1 unspecified atom stereocenters. The lowest BCUT2D eigenvalue weighted by molar-refractivity contribution is -0.117. The van der Waals surface area contributed by atoms with Crippen molar-refractivity contribution in [1.82, 2.24) is 14.8 Å². The zero-order valence-corrected chi connectivity index (χ0v) is 12.5. The summed E-state index contributed by atoms with van der Waals surface area (Å²) in [5, 5.41) is 6.85. The number of carbonyl (C=O) groups is 1. The second kappa shape index (κ2) is 5.58. The van der Waals surface area contributed by atoms with E-state index in [2.05, 4.69) is 37.2 Å². The Balaban J connectivity index is 1.93. The van der Waals surface area contributed by atoms with Crippen molar-refractivity contribution in [2.24, 2.45) is 0 Å². The Morgan fingerprint density at radius 2 is 2.43 bits per heavy atom. The molecule has 0 spiro atoms. The molecule has 3 rings (SSSR count). The SMILES string of the molecule is C#CCOc1ccc(C2CC(=O)Nc3ncnn32)cc1Br. The number of aromatic nitrogens is 3. The highest BCUT2D eigenvalue weighted by molar-refractivity contribution is 9.10. The number of benzene rings is 1. The largest absolute Gasteiger partial charge is 0.480 e. The van der Waals surface area contributed by atoms with Crippen molar-refractivity contribution in [2.75, 3.05) is 11.9 Å². The minimum atomic E-state index is -0.186. The van der Waals surface area contributed by atoms with Crippen LogP contribution in [0.4, 0.5) is 5.95 Å². The fraction of sp³-hybridized carbons (Fsp3) is 0.214. The van der Waals surface area contributed by atoms with Crippen molar-refractivity contribution in [3.8, 4) is 18.1 Å². The molecule has 0 fully saturated rings. The Kier molecular flexibility index (Phi) is 3.62. The van der Waals surface area contributed by atoms with Crippen LogP contribution in [0.15, 0.2) is 29.0 Å². The summed E-state index contributed by atoms with van der Waals surface area (Å²) in [5.74, 6) is 3.46. The highest BCUT2D eigenvalue weighted by Crippen LogP contribution is 2.33. The Morgan fingerprint density at radius 1 is 1.57 bits per heavy atom. The van der Waals surface area contributed by atoms with Crippen molar-refractivity contribution < 1.29 is 9.53 Å². The summed E-state index contributed by atoms with van der Waals surface area (Å²) in [6, 6.07) is 5.43. The van der Waals surface area contributed by atoms with Crippen molar-refractivity contribution in [2.45, 2.75) is 12.5 Å². The lowest BCUT2D eigenvalue weighted by Crippen LogP contribution is -2.29. The van der Waals surface area contributed by atoms with Crippen LogP contribution in [0.2, 0.25) is 0 Å². The van der Waals surface area contributed by atoms with Gasteiger partial charge in [-0.05, 0) is 33.6 Å². The van der Waals surface area contributed by atoms with Gasteiger partial charge in [-0.15, -0.1) is 6.42 Å². The van der Waals surface area contributed by atoms with Gasteiger partial charge >= 0.3 is 0 Å². The molecule has 0 aliphatic carbocycles. The molecule has 6 nitrogen and oxygen atoms in total. The Hall–Kier alpha value is -2.33. The third-order valence-corrected chi connectivity index (χ3v) is 3.77. The van der Waals surface area contributed by atoms with Gasteiger partial charge in [0, 0.05) is 0 Å². The van der Waals surface area contributed by atoms with E-state index < -0.39 is 0 Å². The van der Waals surface area contributed by atoms with Gasteiger partial charge in [-0.2, -0.15) is 10.1 Å². The molecule has 1 aliphatic heterocycles. The Bertz CT molecular complexity index is 735. The molecule has 0 saturated heterocycles. The summed E-state index contributed by atoms with van der Waals surface area (Å²) in [5.41, 5.74) is 0.941. The second-order valence-electron chi connectivity index (χ2n) is 4.48. The fourth-order valence-corrected chi connectivity index (χ4v) is 2.74. The van der Waals surface area contributed by atoms with E-state index in [1.807, 2.05) is 18.2 Å². The number of amides is 1. The number of carbonyl (C=O) groups excluding carboxylic acids is 1. The Labute approximate surface area is 129 Å². The highest BCUT2D eigenvalue weighted by atomic mass is 79.9. The molecule has 1 N–H and O–H groups in total. The summed E-state index contributed by atoms with van der Waals surface area (Å²) in [7, 11) is 0. The van der Waals surface area contributed by atoms with Gasteiger partial charge in [-0.1, -0.05) is 12.0 Å². The minimum Gasteiger partial charge on any atom is -0.480 e. The van der Waals surface area contributed by atoms with Crippen molar-refractivity contribution in [3.63, 3.8) is 0 Å². The molecular weight excluding hydrogens is 336 g/mol. The normalized spacial score (nSPS) is 16.8. The third kappa shape index (κ3) is 2.62. The molecule has 1 atom stereocenters. The number of anilines is 1. The number of halogens is 1. The summed E-state index contributed by atoms with van der Waals surface area (Å²) >= 11 is 3.45. The average Bonchev–Trinajstić information content (AvgIpc) is 2.93. The standard InChI is InChI=1S/C14H11BrN4O2/c1-2-5-21-12-4-3-9(6-10(12)15)11-7-13(20)18-14-16-8-17-19(11)14/h1,3-4,6,8,11H,5,7H2,(H,16,17,18,20). The maximum absolute atomic E-state index is 11.7. The van der Waals surface area contributed by atoms with Crippen molar-refractivity contribution >= 4 is 27.8 Å². The van der Waals surface area contributed by atoms with Gasteiger partial charge in [0.15, 0.2) is 0 Å². The van der Waals surface area contributed by atoms with Gasteiger partial charge in [-0.3, -0.25) is 10.1 Å². The second-order valence-corrected chi connectivity index (χ2v) is 5.33. The van der Waals surface area contributed by atoms with Crippen LogP contribution in [0.3, 0.4) is 0 Å². The zero-order chi connectivity index (χ0) is 14.8. The number of terminal acetylenes is 1. The molecular formula is C14H11BrN4O2. The van der Waals surface area contributed by atoms with E-state index in [1.165, 1.54) is 6.33 Å². The van der Waals surface area contributed by atoms with Gasteiger partial charge in [0.1, 0.15) is 18.7 Å². The molecule has 2 aromatic rings. The molecule has 7 heteroatoms. The van der Waals surface area contributed by atoms with E-state index in [-0.39, 0.29) is 18.6 Å². The predicted molar refractivity (Wildman–Crippen MR) is 79.9 cm³/mol. The molecule has 1 aromatic heterocycles. The fourth-order valence-electron chi connectivity index (χ4n) is 2.23. The van der Waals surface area contributed by atoms with Crippen molar-refractivity contribution in [1.29, 1.82) is 0 Å². The minimum absolute atomic E-state index is 0.0794. The van der Waals surface area contributed by atoms with Crippen LogP contribution < -0.4 is 10.1 Å². The molecule has 0 bridgehead atoms. The van der Waals surface area contributed by atoms with E-state index in [9.17, 15) is 4.79 Å². The molecule has 1 aliphatic rings. The monoisotopic (exact) mass is 346 g/mol. The third-order valence-electron chi connectivity index (χ3n) is 3.15. The lowest BCUT2D eigenvalue weighted by Gasteiger charge is -2.24. The number of ether oxygens (including phenoxy) is 1. The predicted octanol–water partition coefficient (Wildman–Crippen LogP) is 1.98. The van der Waals surface area contributed by atoms with Crippen molar-refractivity contribution in [3.05, 3.63) is 34.6 Å². The molecule has 1 amide bonds. The maximum Gasteiger partial charge on any atom is 0.229 e. The first-order valence-corrected chi connectivity index (χ1v) is 7.03. The summed E-state index contributed by atoms with van der Waals surface area (Å²) in [4.78, 5) is 15.8. The smallest absolute Gasteiger partial charge is 0.229 e. The molecule has 0 saturated carbocycles. The number of fused-ring (bicyclic) bond motifs is 1. The molecule has 0 radical (unpaired) electrons. The van der Waals surface area contributed by atoms with E-state index in [0.717, 1.165) is 10.0 Å². The van der Waals surface area contributed by atoms with Crippen LogP contribution in [0.1, 0.15) is 18.0 Å². The maximum atomic E-state index is 11.7. The molecule has 106 valence electrons. The summed E-state index contributed by atoms with van der Waals surface area (Å²) < 4.78 is 7.89. The highest BCUT2D eigenvalue weighted by Gasteiger charge is 2.27. The van der Waals surface area contributed by atoms with E-state index in [1.54, 1.807) is 4.68 Å². The van der Waals surface area contributed by atoms with Gasteiger partial charge in [0.05, 0.1) is 16.9 Å². The van der Waals surface area contributed by atoms with Gasteiger partial charge in [0.25, 0.3) is 0 Å². The first-order chi connectivity index (χ1) is 10.2. The average molecular weight is 347 g/mol. The van der Waals surface area contributed by atoms with Crippen LogP contribution in [-0.2, 0) is 4.79 Å². The van der Waals surface area contributed by atoms with Crippen LogP contribution >= 0.6 is 15.9 Å². The van der Waals surface area contributed by atoms with E-state index >= 15 is 0 Å². The van der Waals surface area contributed by atoms with E-state index in [4.69, 9.17) is 11.2 Å². The molecule has 1 aromatic carbocycles. The van der Waals surface area contributed by atoms with Crippen LogP contribution in [-0.4, -0.2) is 27.3 Å². The van der Waals surface area contributed by atoms with Crippen LogP contribution in [0.5, 0.6) is 5.75 Å². The number of nitrogens with zero attached hydrogens (tertiary/aromatic N) is 3. The Morgan fingerprint density at radius 3 is 3.19 bits per heavy atom. The van der Waals surface area contributed by atoms with Crippen LogP contribution in [0.25, 0.3) is 0 Å². The number of rotatable bonds is 3. The van der Waals surface area contributed by atoms with Gasteiger partial charge in [-0.25, -0.2) is 4.68 Å². The molecule has 2 heterocycles. The summed E-state index contributed by atoms with van der Waals surface area (Å²) in [6.45, 7) is 0.205. The summed E-state index contributed by atoms with van der Waals surface area (Å²) in [6.07, 6.45) is 6.91. The molecule has 21 heavy (non-hydrogen) atoms.